The van der Waals surface area contributed by atoms with Crippen molar-refractivity contribution in [2.24, 2.45) is 11.8 Å². The summed E-state index contributed by atoms with van der Waals surface area (Å²) in [4.78, 5) is 0. The minimum atomic E-state index is 0.978. The highest BCUT2D eigenvalue weighted by molar-refractivity contribution is 5.35. The van der Waals surface area contributed by atoms with E-state index in [1.165, 1.54) is 44.9 Å². The Morgan fingerprint density at radius 3 is 2.77 bits per heavy atom. The van der Waals surface area contributed by atoms with Crippen LogP contribution in [0.25, 0.3) is 0 Å². The lowest BCUT2D eigenvalue weighted by atomic mass is 9.76. The van der Waals surface area contributed by atoms with Gasteiger partial charge in [0.25, 0.3) is 0 Å². The van der Waals surface area contributed by atoms with Gasteiger partial charge in [-0.25, -0.2) is 0 Å². The molecule has 1 saturated carbocycles. The molecule has 13 heavy (non-hydrogen) atoms. The highest BCUT2D eigenvalue weighted by atomic mass is 14.4. The molecule has 1 fully saturated rings. The third-order valence-corrected chi connectivity index (χ3v) is 4.12. The molecule has 2 unspecified atom stereocenters. The molecule has 3 aliphatic rings. The van der Waals surface area contributed by atoms with E-state index in [2.05, 4.69) is 12.2 Å². The molecule has 70 valence electrons. The van der Waals surface area contributed by atoms with E-state index in [4.69, 9.17) is 0 Å². The molecule has 0 N–H and O–H groups in total. The van der Waals surface area contributed by atoms with Crippen molar-refractivity contribution in [1.82, 2.24) is 0 Å². The van der Waals surface area contributed by atoms with Gasteiger partial charge < -0.3 is 0 Å². The molecule has 0 bridgehead atoms. The fraction of sp³-hybridized carbons (Fsp3) is 0.692. The first-order valence-electron chi connectivity index (χ1n) is 5.84. The minimum absolute atomic E-state index is 0.978. The summed E-state index contributed by atoms with van der Waals surface area (Å²) in [5, 5.41) is 0. The largest absolute Gasteiger partial charge is 0.0842 e. The number of rotatable bonds is 0. The Bertz CT molecular complexity index is 270. The lowest BCUT2D eigenvalue weighted by Crippen LogP contribution is -2.16. The monoisotopic (exact) mass is 174 g/mol. The Balaban J connectivity index is 2.00. The average Bonchev–Trinajstić information content (AvgIpc) is 2.44. The van der Waals surface area contributed by atoms with Gasteiger partial charge in [0, 0.05) is 0 Å². The van der Waals surface area contributed by atoms with Gasteiger partial charge in [-0.2, -0.15) is 0 Å². The van der Waals surface area contributed by atoms with Crippen LogP contribution in [0.4, 0.5) is 0 Å². The molecule has 0 heteroatoms. The molecule has 0 nitrogen and oxygen atoms in total. The van der Waals surface area contributed by atoms with Crippen LogP contribution in [0.2, 0.25) is 0 Å². The Labute approximate surface area is 80.7 Å². The molecular weight excluding hydrogens is 156 g/mol. The fourth-order valence-corrected chi connectivity index (χ4v) is 3.56. The number of hydrogen-bond acceptors (Lipinski definition) is 0. The second-order valence-corrected chi connectivity index (χ2v) is 4.82. The van der Waals surface area contributed by atoms with E-state index in [-0.39, 0.29) is 0 Å². The smallest absolute Gasteiger partial charge is 0.0191 e. The molecule has 2 atom stereocenters. The van der Waals surface area contributed by atoms with Crippen LogP contribution in [0.3, 0.4) is 0 Å². The van der Waals surface area contributed by atoms with Crippen molar-refractivity contribution in [3.05, 3.63) is 23.3 Å². The van der Waals surface area contributed by atoms with Gasteiger partial charge in [-0.15, -0.1) is 0 Å². The normalized spacial score (nSPS) is 37.5. The first-order chi connectivity index (χ1) is 6.45. The molecule has 0 amide bonds. The molecule has 0 radical (unpaired) electrons. The molecule has 3 rings (SSSR count). The van der Waals surface area contributed by atoms with Crippen LogP contribution in [-0.2, 0) is 0 Å². The van der Waals surface area contributed by atoms with Crippen LogP contribution in [-0.4, -0.2) is 0 Å². The third-order valence-electron chi connectivity index (χ3n) is 4.12. The standard InChI is InChI=1S/C13H18/c1-2-5-11-8-9-12-7-3-6-10(4-1)13(11)12/h2,5,10,12H,1,3-4,6-9H2. The molecule has 0 spiro atoms. The highest BCUT2D eigenvalue weighted by Crippen LogP contribution is 2.47. The maximum Gasteiger partial charge on any atom is -0.0191 e. The SMILES string of the molecule is C1=CC2=C3C(CC1)CCCC3CC2. The summed E-state index contributed by atoms with van der Waals surface area (Å²) in [6.07, 6.45) is 14.9. The molecule has 3 aliphatic carbocycles. The summed E-state index contributed by atoms with van der Waals surface area (Å²) in [7, 11) is 0. The molecule has 0 aromatic rings. The predicted molar refractivity (Wildman–Crippen MR) is 55.5 cm³/mol. The second kappa shape index (κ2) is 3.01. The van der Waals surface area contributed by atoms with Crippen LogP contribution < -0.4 is 0 Å². The van der Waals surface area contributed by atoms with Crippen LogP contribution in [0.1, 0.15) is 44.9 Å². The van der Waals surface area contributed by atoms with Crippen LogP contribution in [0, 0.1) is 11.8 Å². The molecule has 0 aromatic heterocycles. The van der Waals surface area contributed by atoms with Gasteiger partial charge in [0.2, 0.25) is 0 Å². The zero-order valence-corrected chi connectivity index (χ0v) is 8.26. The Hall–Kier alpha value is -0.520. The summed E-state index contributed by atoms with van der Waals surface area (Å²) in [6.45, 7) is 0. The maximum absolute atomic E-state index is 2.43. The van der Waals surface area contributed by atoms with Gasteiger partial charge in [0.1, 0.15) is 0 Å². The zero-order chi connectivity index (χ0) is 8.67. The van der Waals surface area contributed by atoms with E-state index in [0.29, 0.717) is 0 Å². The fourth-order valence-electron chi connectivity index (χ4n) is 3.56. The average molecular weight is 174 g/mol. The van der Waals surface area contributed by atoms with Crippen molar-refractivity contribution in [3.8, 4) is 0 Å². The number of allylic oxidation sites excluding steroid dienone is 4. The summed E-state index contributed by atoms with van der Waals surface area (Å²) >= 11 is 0. The minimum Gasteiger partial charge on any atom is -0.0842 e. The zero-order valence-electron chi connectivity index (χ0n) is 8.26. The summed E-state index contributed by atoms with van der Waals surface area (Å²) in [5.41, 5.74) is 3.62. The second-order valence-electron chi connectivity index (χ2n) is 4.82. The summed E-state index contributed by atoms with van der Waals surface area (Å²) < 4.78 is 0. The lowest BCUT2D eigenvalue weighted by Gasteiger charge is -2.29. The quantitative estimate of drug-likeness (QED) is 0.523. The third kappa shape index (κ3) is 1.19. The predicted octanol–water partition coefficient (Wildman–Crippen LogP) is 3.84. The van der Waals surface area contributed by atoms with Gasteiger partial charge >= 0.3 is 0 Å². The van der Waals surface area contributed by atoms with Crippen LogP contribution >= 0.6 is 0 Å². The molecule has 0 aliphatic heterocycles. The van der Waals surface area contributed by atoms with E-state index in [1.54, 1.807) is 5.57 Å². The van der Waals surface area contributed by atoms with E-state index < -0.39 is 0 Å². The van der Waals surface area contributed by atoms with Crippen molar-refractivity contribution >= 4 is 0 Å². The van der Waals surface area contributed by atoms with Gasteiger partial charge in [-0.3, -0.25) is 0 Å². The molecule has 0 aromatic carbocycles. The number of hydrogen-bond donors (Lipinski definition) is 0. The van der Waals surface area contributed by atoms with Crippen molar-refractivity contribution in [3.63, 3.8) is 0 Å². The van der Waals surface area contributed by atoms with Crippen LogP contribution in [0.5, 0.6) is 0 Å². The van der Waals surface area contributed by atoms with Gasteiger partial charge in [0.05, 0.1) is 0 Å². The van der Waals surface area contributed by atoms with Crippen molar-refractivity contribution in [1.29, 1.82) is 0 Å². The van der Waals surface area contributed by atoms with Crippen LogP contribution in [0.15, 0.2) is 23.3 Å². The van der Waals surface area contributed by atoms with Gasteiger partial charge in [-0.05, 0) is 55.9 Å². The molecule has 0 saturated heterocycles. The Morgan fingerprint density at radius 1 is 1.00 bits per heavy atom. The summed E-state index contributed by atoms with van der Waals surface area (Å²) in [6, 6.07) is 0. The molecule has 0 heterocycles. The topological polar surface area (TPSA) is 0 Å². The van der Waals surface area contributed by atoms with Gasteiger partial charge in [0.15, 0.2) is 0 Å². The van der Waals surface area contributed by atoms with E-state index in [0.717, 1.165) is 11.8 Å². The van der Waals surface area contributed by atoms with E-state index >= 15 is 0 Å². The van der Waals surface area contributed by atoms with Crippen molar-refractivity contribution in [2.75, 3.05) is 0 Å². The highest BCUT2D eigenvalue weighted by Gasteiger charge is 2.33. The van der Waals surface area contributed by atoms with Crippen molar-refractivity contribution < 1.29 is 0 Å². The Morgan fingerprint density at radius 2 is 1.85 bits per heavy atom. The first-order valence-corrected chi connectivity index (χ1v) is 5.84. The van der Waals surface area contributed by atoms with Gasteiger partial charge in [-0.1, -0.05) is 24.1 Å². The lowest BCUT2D eigenvalue weighted by molar-refractivity contribution is 0.359. The maximum atomic E-state index is 2.43. The first kappa shape index (κ1) is 7.84. The summed E-state index contributed by atoms with van der Waals surface area (Å²) in [5.74, 6) is 1.97. The van der Waals surface area contributed by atoms with E-state index in [9.17, 15) is 0 Å². The van der Waals surface area contributed by atoms with Crippen molar-refractivity contribution in [2.45, 2.75) is 44.9 Å². The van der Waals surface area contributed by atoms with E-state index in [1.807, 2.05) is 5.57 Å². The molecular formula is C13H18. The Kier molecular flexibility index (Phi) is 1.81.